The zero-order chi connectivity index (χ0) is 13.2. The zero-order valence-electron chi connectivity index (χ0n) is 10.7. The van der Waals surface area contributed by atoms with Crippen LogP contribution in [0.4, 0.5) is 4.79 Å². The molecule has 0 aromatic rings. The van der Waals surface area contributed by atoms with Crippen LogP contribution >= 0.6 is 0 Å². The molecule has 5 heteroatoms. The molecule has 0 spiro atoms. The van der Waals surface area contributed by atoms with Gasteiger partial charge in [-0.2, -0.15) is 0 Å². The Hall–Kier alpha value is -1.26. The number of primary amides is 1. The minimum atomic E-state index is -1.14. The molecule has 2 amide bonds. The quantitative estimate of drug-likeness (QED) is 0.762. The third kappa shape index (κ3) is 3.35. The lowest BCUT2D eigenvalue weighted by molar-refractivity contribution is -0.274. The maximum atomic E-state index is 11.2. The predicted molar refractivity (Wildman–Crippen MR) is 61.9 cm³/mol. The van der Waals surface area contributed by atoms with E-state index in [2.05, 4.69) is 0 Å². The average molecular weight is 241 g/mol. The molecule has 1 aliphatic carbocycles. The Kier molecular flexibility index (Phi) is 4.01. The number of carboxylic acid groups (broad SMARTS) is 1. The van der Waals surface area contributed by atoms with Crippen molar-refractivity contribution in [2.75, 3.05) is 0 Å². The van der Waals surface area contributed by atoms with Gasteiger partial charge in [0.15, 0.2) is 0 Å². The van der Waals surface area contributed by atoms with Gasteiger partial charge in [0.25, 0.3) is 0 Å². The first-order chi connectivity index (χ1) is 7.73. The second-order valence-corrected chi connectivity index (χ2v) is 5.71. The number of amides is 2. The highest BCUT2D eigenvalue weighted by atomic mass is 16.4. The zero-order valence-corrected chi connectivity index (χ0v) is 10.7. The molecule has 1 fully saturated rings. The Labute approximate surface area is 102 Å². The molecular formula is C12H21N2O3-. The molecule has 0 aromatic carbocycles. The molecule has 17 heavy (non-hydrogen) atoms. The van der Waals surface area contributed by atoms with Crippen LogP contribution in [0.1, 0.15) is 46.5 Å². The van der Waals surface area contributed by atoms with Crippen LogP contribution in [0.2, 0.25) is 0 Å². The van der Waals surface area contributed by atoms with Gasteiger partial charge in [0.05, 0.1) is 0 Å². The summed E-state index contributed by atoms with van der Waals surface area (Å²) >= 11 is 0. The van der Waals surface area contributed by atoms with E-state index in [0.29, 0.717) is 25.7 Å². The summed E-state index contributed by atoms with van der Waals surface area (Å²) < 4.78 is 0. The van der Waals surface area contributed by atoms with Gasteiger partial charge < -0.3 is 20.5 Å². The lowest BCUT2D eigenvalue weighted by Crippen LogP contribution is -2.57. The van der Waals surface area contributed by atoms with Crippen LogP contribution in [-0.4, -0.2) is 28.5 Å². The minimum Gasteiger partial charge on any atom is -0.530 e. The lowest BCUT2D eigenvalue weighted by atomic mass is 9.83. The largest absolute Gasteiger partial charge is 0.530 e. The summed E-state index contributed by atoms with van der Waals surface area (Å²) in [6.45, 7) is 5.55. The molecule has 0 unspecified atom stereocenters. The van der Waals surface area contributed by atoms with Crippen molar-refractivity contribution in [1.82, 2.24) is 4.90 Å². The molecule has 5 nitrogen and oxygen atoms in total. The van der Waals surface area contributed by atoms with Gasteiger partial charge in [-0.05, 0) is 46.5 Å². The van der Waals surface area contributed by atoms with E-state index in [1.807, 2.05) is 20.8 Å². The molecule has 0 heterocycles. The second-order valence-electron chi connectivity index (χ2n) is 5.71. The topological polar surface area (TPSA) is 86.5 Å². The number of hydrogen-bond donors (Lipinski definition) is 1. The molecular weight excluding hydrogens is 220 g/mol. The van der Waals surface area contributed by atoms with E-state index in [9.17, 15) is 14.7 Å². The number of nitrogens with zero attached hydrogens (tertiary/aromatic N) is 1. The highest BCUT2D eigenvalue weighted by Crippen LogP contribution is 2.30. The predicted octanol–water partition coefficient (Wildman–Crippen LogP) is 0.474. The first-order valence-corrected chi connectivity index (χ1v) is 6.03. The summed E-state index contributed by atoms with van der Waals surface area (Å²) in [5, 5.41) is 11.2. The Morgan fingerprint density at radius 1 is 1.18 bits per heavy atom. The molecule has 1 saturated carbocycles. The Balaban J connectivity index is 2.68. The standard InChI is InChI=1S/C12H22N2O3/c1-12(2,3)14(11(16)17)9-6-4-8(5-7-9)10(13)15/h8-9H,4-7H2,1-3H3,(H2,13,15)(H,16,17)/p-1. The summed E-state index contributed by atoms with van der Waals surface area (Å²) in [5.74, 6) is -0.381. The maximum absolute atomic E-state index is 11.2. The van der Waals surface area contributed by atoms with Crippen molar-refractivity contribution in [1.29, 1.82) is 0 Å². The molecule has 0 aliphatic heterocycles. The smallest absolute Gasteiger partial charge is 0.220 e. The van der Waals surface area contributed by atoms with E-state index in [-0.39, 0.29) is 17.9 Å². The van der Waals surface area contributed by atoms with Gasteiger partial charge in [-0.3, -0.25) is 4.79 Å². The Morgan fingerprint density at radius 3 is 1.94 bits per heavy atom. The van der Waals surface area contributed by atoms with Crippen LogP contribution < -0.4 is 10.8 Å². The van der Waals surface area contributed by atoms with Crippen molar-refractivity contribution in [3.63, 3.8) is 0 Å². The van der Waals surface area contributed by atoms with E-state index in [0.717, 1.165) is 0 Å². The third-order valence-electron chi connectivity index (χ3n) is 3.38. The van der Waals surface area contributed by atoms with Crippen molar-refractivity contribution in [2.24, 2.45) is 11.7 Å². The fraction of sp³-hybridized carbons (Fsp3) is 0.833. The van der Waals surface area contributed by atoms with Crippen LogP contribution in [0.15, 0.2) is 0 Å². The van der Waals surface area contributed by atoms with Gasteiger partial charge in [0, 0.05) is 17.5 Å². The van der Waals surface area contributed by atoms with Gasteiger partial charge in [0.2, 0.25) is 5.91 Å². The van der Waals surface area contributed by atoms with Gasteiger partial charge in [-0.25, -0.2) is 0 Å². The van der Waals surface area contributed by atoms with Gasteiger partial charge >= 0.3 is 0 Å². The Bertz CT molecular complexity index is 301. The normalized spacial score (nSPS) is 25.4. The van der Waals surface area contributed by atoms with E-state index in [1.165, 1.54) is 4.90 Å². The van der Waals surface area contributed by atoms with Crippen molar-refractivity contribution in [3.8, 4) is 0 Å². The van der Waals surface area contributed by atoms with Crippen molar-refractivity contribution >= 4 is 12.0 Å². The fourth-order valence-electron chi connectivity index (χ4n) is 2.59. The minimum absolute atomic E-state index is 0.0596. The molecule has 1 rings (SSSR count). The summed E-state index contributed by atoms with van der Waals surface area (Å²) in [4.78, 5) is 23.6. The first kappa shape index (κ1) is 13.8. The number of hydrogen-bond acceptors (Lipinski definition) is 3. The van der Waals surface area contributed by atoms with E-state index in [1.54, 1.807) is 0 Å². The molecule has 0 radical (unpaired) electrons. The number of nitrogens with two attached hydrogens (primary N) is 1. The molecule has 0 atom stereocenters. The van der Waals surface area contributed by atoms with Crippen LogP contribution in [0.25, 0.3) is 0 Å². The van der Waals surface area contributed by atoms with E-state index >= 15 is 0 Å². The SMILES string of the molecule is CC(C)(C)N(C(=O)[O-])C1CCC(C(N)=O)CC1. The first-order valence-electron chi connectivity index (χ1n) is 6.03. The lowest BCUT2D eigenvalue weighted by Gasteiger charge is -2.46. The van der Waals surface area contributed by atoms with Gasteiger partial charge in [-0.15, -0.1) is 0 Å². The van der Waals surface area contributed by atoms with Gasteiger partial charge in [-0.1, -0.05) is 0 Å². The molecule has 2 N–H and O–H groups in total. The summed E-state index contributed by atoms with van der Waals surface area (Å²) in [7, 11) is 0. The molecule has 0 saturated heterocycles. The van der Waals surface area contributed by atoms with Crippen molar-refractivity contribution in [2.45, 2.75) is 58.0 Å². The Morgan fingerprint density at radius 2 is 1.65 bits per heavy atom. The van der Waals surface area contributed by atoms with Gasteiger partial charge in [0.1, 0.15) is 6.09 Å². The van der Waals surface area contributed by atoms with E-state index < -0.39 is 11.6 Å². The third-order valence-corrected chi connectivity index (χ3v) is 3.38. The molecule has 1 aliphatic rings. The summed E-state index contributed by atoms with van der Waals surface area (Å²) in [6, 6.07) is -0.0596. The molecule has 98 valence electrons. The average Bonchev–Trinajstić information content (AvgIpc) is 2.15. The summed E-state index contributed by atoms with van der Waals surface area (Å²) in [6.07, 6.45) is 1.55. The number of rotatable bonds is 2. The second kappa shape index (κ2) is 4.94. The molecule has 0 aromatic heterocycles. The highest BCUT2D eigenvalue weighted by molar-refractivity contribution is 5.76. The van der Waals surface area contributed by atoms with Crippen LogP contribution in [0.3, 0.4) is 0 Å². The van der Waals surface area contributed by atoms with E-state index in [4.69, 9.17) is 5.73 Å². The van der Waals surface area contributed by atoms with Crippen LogP contribution in [0, 0.1) is 5.92 Å². The number of carbonyl (C=O) groups excluding carboxylic acids is 2. The summed E-state index contributed by atoms with van der Waals surface area (Å²) in [5.41, 5.74) is 4.78. The van der Waals surface area contributed by atoms with Crippen LogP contribution in [0.5, 0.6) is 0 Å². The highest BCUT2D eigenvalue weighted by Gasteiger charge is 2.33. The molecule has 0 bridgehead atoms. The maximum Gasteiger partial charge on any atom is 0.220 e. The number of carbonyl (C=O) groups is 2. The fourth-order valence-corrected chi connectivity index (χ4v) is 2.59. The van der Waals surface area contributed by atoms with Crippen LogP contribution in [-0.2, 0) is 4.79 Å². The monoisotopic (exact) mass is 241 g/mol. The van der Waals surface area contributed by atoms with Crippen molar-refractivity contribution in [3.05, 3.63) is 0 Å². The van der Waals surface area contributed by atoms with Crippen molar-refractivity contribution < 1.29 is 14.7 Å².